The summed E-state index contributed by atoms with van der Waals surface area (Å²) in [4.78, 5) is 16.6. The van der Waals surface area contributed by atoms with Gasteiger partial charge in [0.15, 0.2) is 5.11 Å². The maximum absolute atomic E-state index is 12.5. The van der Waals surface area contributed by atoms with Crippen LogP contribution in [0.25, 0.3) is 0 Å². The van der Waals surface area contributed by atoms with Crippen molar-refractivity contribution in [2.45, 2.75) is 6.92 Å². The molecule has 1 aromatic rings. The summed E-state index contributed by atoms with van der Waals surface area (Å²) in [5.41, 5.74) is 1.53. The SMILES string of the molecule is CCNC(=S)Nc1cccc(C(=O)N2CCN(C)CC2)c1. The highest BCUT2D eigenvalue weighted by Gasteiger charge is 2.20. The Bertz CT molecular complexity index is 512. The Morgan fingerprint density at radius 1 is 1.29 bits per heavy atom. The van der Waals surface area contributed by atoms with Gasteiger partial charge in [-0.2, -0.15) is 0 Å². The summed E-state index contributed by atoms with van der Waals surface area (Å²) in [6.07, 6.45) is 0. The Morgan fingerprint density at radius 3 is 2.67 bits per heavy atom. The zero-order valence-electron chi connectivity index (χ0n) is 12.6. The summed E-state index contributed by atoms with van der Waals surface area (Å²) in [5.74, 6) is 0.0844. The lowest BCUT2D eigenvalue weighted by Crippen LogP contribution is -2.47. The molecule has 114 valence electrons. The predicted molar refractivity (Wildman–Crippen MR) is 89.7 cm³/mol. The van der Waals surface area contributed by atoms with Gasteiger partial charge in [-0.1, -0.05) is 6.07 Å². The molecule has 0 spiro atoms. The fourth-order valence-corrected chi connectivity index (χ4v) is 2.52. The molecule has 0 aliphatic carbocycles. The van der Waals surface area contributed by atoms with E-state index in [9.17, 15) is 4.79 Å². The Hall–Kier alpha value is -1.66. The molecule has 1 fully saturated rings. The van der Waals surface area contributed by atoms with Gasteiger partial charge in [0, 0.05) is 44.0 Å². The summed E-state index contributed by atoms with van der Waals surface area (Å²) < 4.78 is 0. The molecule has 2 rings (SSSR count). The smallest absolute Gasteiger partial charge is 0.254 e. The fraction of sp³-hybridized carbons (Fsp3) is 0.467. The van der Waals surface area contributed by atoms with Crippen LogP contribution >= 0.6 is 12.2 Å². The number of likely N-dealkylation sites (N-methyl/N-ethyl adjacent to an activating group) is 1. The Kier molecular flexibility index (Phi) is 5.52. The largest absolute Gasteiger partial charge is 0.363 e. The average Bonchev–Trinajstić information content (AvgIpc) is 2.48. The number of benzene rings is 1. The van der Waals surface area contributed by atoms with Crippen LogP contribution in [0.1, 0.15) is 17.3 Å². The van der Waals surface area contributed by atoms with Gasteiger partial charge in [-0.05, 0) is 44.4 Å². The van der Waals surface area contributed by atoms with Crippen LogP contribution in [0.15, 0.2) is 24.3 Å². The van der Waals surface area contributed by atoms with Gasteiger partial charge >= 0.3 is 0 Å². The van der Waals surface area contributed by atoms with Crippen LogP contribution in [0, 0.1) is 0 Å². The van der Waals surface area contributed by atoms with Crippen molar-refractivity contribution in [1.29, 1.82) is 0 Å². The molecule has 0 radical (unpaired) electrons. The van der Waals surface area contributed by atoms with Crippen molar-refractivity contribution < 1.29 is 4.79 Å². The summed E-state index contributed by atoms with van der Waals surface area (Å²) in [7, 11) is 2.08. The van der Waals surface area contributed by atoms with Gasteiger partial charge in [-0.15, -0.1) is 0 Å². The van der Waals surface area contributed by atoms with Crippen molar-refractivity contribution in [2.75, 3.05) is 45.1 Å². The highest BCUT2D eigenvalue weighted by Crippen LogP contribution is 2.14. The number of carbonyl (C=O) groups excluding carboxylic acids is 1. The number of hydrogen-bond acceptors (Lipinski definition) is 3. The van der Waals surface area contributed by atoms with Gasteiger partial charge in [0.05, 0.1) is 0 Å². The lowest BCUT2D eigenvalue weighted by molar-refractivity contribution is 0.0664. The van der Waals surface area contributed by atoms with Crippen molar-refractivity contribution in [3.8, 4) is 0 Å². The zero-order valence-corrected chi connectivity index (χ0v) is 13.4. The second kappa shape index (κ2) is 7.38. The van der Waals surface area contributed by atoms with Gasteiger partial charge in [-0.25, -0.2) is 0 Å². The third-order valence-electron chi connectivity index (χ3n) is 3.50. The van der Waals surface area contributed by atoms with Gasteiger partial charge in [0.25, 0.3) is 5.91 Å². The van der Waals surface area contributed by atoms with Crippen LogP contribution in [-0.4, -0.2) is 60.6 Å². The van der Waals surface area contributed by atoms with Gasteiger partial charge in [0.1, 0.15) is 0 Å². The number of carbonyl (C=O) groups is 1. The van der Waals surface area contributed by atoms with Gasteiger partial charge in [0.2, 0.25) is 0 Å². The number of rotatable bonds is 3. The first-order valence-corrected chi connectivity index (χ1v) is 7.63. The third-order valence-corrected chi connectivity index (χ3v) is 3.74. The number of nitrogens with zero attached hydrogens (tertiary/aromatic N) is 2. The molecule has 5 nitrogen and oxygen atoms in total. The van der Waals surface area contributed by atoms with E-state index in [1.165, 1.54) is 0 Å². The molecule has 2 N–H and O–H groups in total. The molecule has 0 aromatic heterocycles. The highest BCUT2D eigenvalue weighted by molar-refractivity contribution is 7.80. The molecule has 1 heterocycles. The van der Waals surface area contributed by atoms with Gasteiger partial charge < -0.3 is 20.4 Å². The minimum atomic E-state index is 0.0844. The number of piperazine rings is 1. The molecule has 0 bridgehead atoms. The second-order valence-corrected chi connectivity index (χ2v) is 5.57. The lowest BCUT2D eigenvalue weighted by atomic mass is 10.1. The summed E-state index contributed by atoms with van der Waals surface area (Å²) in [6, 6.07) is 7.48. The minimum absolute atomic E-state index is 0.0844. The van der Waals surface area contributed by atoms with Crippen LogP contribution in [0.4, 0.5) is 5.69 Å². The van der Waals surface area contributed by atoms with Crippen LogP contribution in [-0.2, 0) is 0 Å². The van der Waals surface area contributed by atoms with E-state index in [2.05, 4.69) is 22.6 Å². The maximum atomic E-state index is 12.5. The average molecular weight is 306 g/mol. The summed E-state index contributed by atoms with van der Waals surface area (Å²) in [5, 5.41) is 6.69. The number of hydrogen-bond donors (Lipinski definition) is 2. The molecule has 0 saturated carbocycles. The van der Waals surface area contributed by atoms with E-state index >= 15 is 0 Å². The maximum Gasteiger partial charge on any atom is 0.254 e. The molecular weight excluding hydrogens is 284 g/mol. The lowest BCUT2D eigenvalue weighted by Gasteiger charge is -2.32. The number of amides is 1. The third kappa shape index (κ3) is 4.41. The molecule has 1 aromatic carbocycles. The fourth-order valence-electron chi connectivity index (χ4n) is 2.26. The van der Waals surface area contributed by atoms with Crippen LogP contribution in [0.2, 0.25) is 0 Å². The second-order valence-electron chi connectivity index (χ2n) is 5.16. The Morgan fingerprint density at radius 2 is 2.00 bits per heavy atom. The van der Waals surface area contributed by atoms with Crippen molar-refractivity contribution in [1.82, 2.24) is 15.1 Å². The van der Waals surface area contributed by atoms with E-state index in [1.807, 2.05) is 36.1 Å². The molecular formula is C15H22N4OS. The molecule has 1 aliphatic rings. The standard InChI is InChI=1S/C15H22N4OS/c1-3-16-15(21)17-13-6-4-5-12(11-13)14(20)19-9-7-18(2)8-10-19/h4-6,11H,3,7-10H2,1-2H3,(H2,16,17,21). The molecule has 1 amide bonds. The monoisotopic (exact) mass is 306 g/mol. The summed E-state index contributed by atoms with van der Waals surface area (Å²) in [6.45, 7) is 6.17. The van der Waals surface area contributed by atoms with Crippen molar-refractivity contribution >= 4 is 28.9 Å². The molecule has 1 aliphatic heterocycles. The molecule has 0 unspecified atom stereocenters. The van der Waals surface area contributed by atoms with Crippen LogP contribution < -0.4 is 10.6 Å². The van der Waals surface area contributed by atoms with E-state index in [0.29, 0.717) is 10.7 Å². The van der Waals surface area contributed by atoms with E-state index < -0.39 is 0 Å². The van der Waals surface area contributed by atoms with Crippen LogP contribution in [0.5, 0.6) is 0 Å². The topological polar surface area (TPSA) is 47.6 Å². The Balaban J connectivity index is 2.02. The molecule has 0 atom stereocenters. The molecule has 6 heteroatoms. The number of thiocarbonyl (C=S) groups is 1. The van der Waals surface area contributed by atoms with Crippen molar-refractivity contribution in [2.24, 2.45) is 0 Å². The zero-order chi connectivity index (χ0) is 15.2. The normalized spacial score (nSPS) is 15.6. The summed E-state index contributed by atoms with van der Waals surface area (Å²) >= 11 is 5.16. The molecule has 21 heavy (non-hydrogen) atoms. The van der Waals surface area contributed by atoms with Crippen molar-refractivity contribution in [3.05, 3.63) is 29.8 Å². The minimum Gasteiger partial charge on any atom is -0.363 e. The van der Waals surface area contributed by atoms with E-state index in [4.69, 9.17) is 12.2 Å². The van der Waals surface area contributed by atoms with Crippen LogP contribution in [0.3, 0.4) is 0 Å². The van der Waals surface area contributed by atoms with E-state index in [0.717, 1.165) is 38.4 Å². The first-order chi connectivity index (χ1) is 10.1. The Labute approximate surface area is 131 Å². The van der Waals surface area contributed by atoms with E-state index in [1.54, 1.807) is 0 Å². The first-order valence-electron chi connectivity index (χ1n) is 7.23. The molecule has 1 saturated heterocycles. The number of anilines is 1. The predicted octanol–water partition coefficient (Wildman–Crippen LogP) is 1.38. The first kappa shape index (κ1) is 15.7. The van der Waals surface area contributed by atoms with Crippen molar-refractivity contribution in [3.63, 3.8) is 0 Å². The van der Waals surface area contributed by atoms with E-state index in [-0.39, 0.29) is 5.91 Å². The quantitative estimate of drug-likeness (QED) is 0.826. The van der Waals surface area contributed by atoms with Gasteiger partial charge in [-0.3, -0.25) is 4.79 Å². The number of nitrogens with one attached hydrogen (secondary N) is 2. The highest BCUT2D eigenvalue weighted by atomic mass is 32.1.